The number of carbonyl (C=O) groups is 1. The Morgan fingerprint density at radius 3 is 2.52 bits per heavy atom. The van der Waals surface area contributed by atoms with Crippen LogP contribution in [0.3, 0.4) is 0 Å². The smallest absolute Gasteiger partial charge is 0.504 e. The number of phenols is 1. The van der Waals surface area contributed by atoms with Crippen molar-refractivity contribution in [3.63, 3.8) is 0 Å². The standard InChI is InChI=1S/C11H17N2O7P/c1-11(13-12,10(15)19-2)6-7-3-4-9(8(14)5-7)20-21(16,17)18/h3-5,13-14H,6,12H2,1-2H3,(H2,16,17,18). The maximum Gasteiger partial charge on any atom is 0.524 e. The van der Waals surface area contributed by atoms with Gasteiger partial charge in [-0.15, -0.1) is 0 Å². The van der Waals surface area contributed by atoms with Gasteiger partial charge in [0.2, 0.25) is 0 Å². The highest BCUT2D eigenvalue weighted by molar-refractivity contribution is 7.46. The first-order valence-corrected chi connectivity index (χ1v) is 7.27. The summed E-state index contributed by atoms with van der Waals surface area (Å²) in [7, 11) is -3.55. The summed E-state index contributed by atoms with van der Waals surface area (Å²) in [6, 6.07) is 3.82. The number of hydrogen-bond acceptors (Lipinski definition) is 7. The molecular weight excluding hydrogens is 303 g/mol. The first kappa shape index (κ1) is 17.4. The van der Waals surface area contributed by atoms with Gasteiger partial charge in [-0.2, -0.15) is 0 Å². The number of hydrazine groups is 1. The lowest BCUT2D eigenvalue weighted by Gasteiger charge is -2.25. The number of nitrogens with two attached hydrogens (primary N) is 1. The normalized spacial score (nSPS) is 14.3. The van der Waals surface area contributed by atoms with Crippen LogP contribution in [-0.4, -0.2) is 33.5 Å². The highest BCUT2D eigenvalue weighted by Gasteiger charge is 2.33. The van der Waals surface area contributed by atoms with Gasteiger partial charge in [0.1, 0.15) is 5.54 Å². The van der Waals surface area contributed by atoms with E-state index in [1.54, 1.807) is 0 Å². The predicted molar refractivity (Wildman–Crippen MR) is 72.2 cm³/mol. The maximum atomic E-state index is 11.7. The number of phosphoric ester groups is 1. The van der Waals surface area contributed by atoms with Gasteiger partial charge in [-0.05, 0) is 24.6 Å². The number of phosphoric acid groups is 1. The predicted octanol–water partition coefficient (Wildman–Crippen LogP) is -0.199. The number of aromatic hydroxyl groups is 1. The summed E-state index contributed by atoms with van der Waals surface area (Å²) in [5.74, 6) is 3.90. The largest absolute Gasteiger partial charge is 0.524 e. The molecule has 118 valence electrons. The van der Waals surface area contributed by atoms with Crippen LogP contribution in [0, 0.1) is 0 Å². The van der Waals surface area contributed by atoms with E-state index in [1.165, 1.54) is 32.2 Å². The summed E-state index contributed by atoms with van der Waals surface area (Å²) in [6.45, 7) is 1.51. The summed E-state index contributed by atoms with van der Waals surface area (Å²) in [6.07, 6.45) is 0.0833. The summed E-state index contributed by atoms with van der Waals surface area (Å²) < 4.78 is 19.6. The molecular formula is C11H17N2O7P. The molecule has 0 fully saturated rings. The minimum Gasteiger partial charge on any atom is -0.504 e. The Morgan fingerprint density at radius 1 is 1.48 bits per heavy atom. The number of benzene rings is 1. The SMILES string of the molecule is COC(=O)C(C)(Cc1ccc(OP(=O)(O)O)c(O)c1)NN. The zero-order chi connectivity index (χ0) is 16.3. The van der Waals surface area contributed by atoms with E-state index in [1.807, 2.05) is 0 Å². The van der Waals surface area contributed by atoms with Gasteiger partial charge in [-0.3, -0.25) is 20.4 Å². The van der Waals surface area contributed by atoms with Crippen molar-refractivity contribution in [3.8, 4) is 11.5 Å². The third-order valence-electron chi connectivity index (χ3n) is 2.75. The topological polar surface area (TPSA) is 151 Å². The molecule has 1 atom stereocenters. The number of carbonyl (C=O) groups excluding carboxylic acids is 1. The quantitative estimate of drug-likeness (QED) is 0.208. The molecule has 9 nitrogen and oxygen atoms in total. The number of phenolic OH excluding ortho intramolecular Hbond substituents is 1. The van der Waals surface area contributed by atoms with Crippen molar-refractivity contribution in [2.24, 2.45) is 5.84 Å². The monoisotopic (exact) mass is 320 g/mol. The summed E-state index contributed by atoms with van der Waals surface area (Å²) in [5, 5.41) is 9.68. The van der Waals surface area contributed by atoms with E-state index in [-0.39, 0.29) is 12.2 Å². The highest BCUT2D eigenvalue weighted by atomic mass is 31.2. The minimum atomic E-state index is -4.76. The van der Waals surface area contributed by atoms with Crippen LogP contribution in [0.25, 0.3) is 0 Å². The van der Waals surface area contributed by atoms with Crippen LogP contribution in [0.1, 0.15) is 12.5 Å². The Morgan fingerprint density at radius 2 is 2.10 bits per heavy atom. The minimum absolute atomic E-state index is 0.0833. The van der Waals surface area contributed by atoms with Crippen molar-refractivity contribution in [1.82, 2.24) is 5.43 Å². The Balaban J connectivity index is 2.99. The number of nitrogens with one attached hydrogen (secondary N) is 1. The van der Waals surface area contributed by atoms with E-state index in [0.29, 0.717) is 5.56 Å². The number of esters is 1. The van der Waals surface area contributed by atoms with Crippen LogP contribution in [0.4, 0.5) is 0 Å². The van der Waals surface area contributed by atoms with Gasteiger partial charge in [0.05, 0.1) is 7.11 Å². The van der Waals surface area contributed by atoms with Crippen molar-refractivity contribution in [1.29, 1.82) is 0 Å². The van der Waals surface area contributed by atoms with E-state index >= 15 is 0 Å². The van der Waals surface area contributed by atoms with Crippen LogP contribution in [-0.2, 0) is 20.5 Å². The van der Waals surface area contributed by atoms with Crippen LogP contribution in [0.2, 0.25) is 0 Å². The molecule has 10 heteroatoms. The first-order valence-electron chi connectivity index (χ1n) is 5.74. The second-order valence-corrected chi connectivity index (χ2v) is 5.69. The molecule has 0 aliphatic rings. The second kappa shape index (κ2) is 6.42. The van der Waals surface area contributed by atoms with Crippen molar-refractivity contribution in [3.05, 3.63) is 23.8 Å². The molecule has 1 rings (SSSR count). The van der Waals surface area contributed by atoms with Crippen molar-refractivity contribution < 1.29 is 33.5 Å². The number of ether oxygens (including phenoxy) is 1. The van der Waals surface area contributed by atoms with E-state index in [4.69, 9.17) is 15.6 Å². The van der Waals surface area contributed by atoms with Crippen LogP contribution in [0.5, 0.6) is 11.5 Å². The van der Waals surface area contributed by atoms with Gasteiger partial charge in [0.25, 0.3) is 0 Å². The highest BCUT2D eigenvalue weighted by Crippen LogP contribution is 2.41. The van der Waals surface area contributed by atoms with Crippen LogP contribution >= 0.6 is 7.82 Å². The lowest BCUT2D eigenvalue weighted by Crippen LogP contribution is -2.55. The third kappa shape index (κ3) is 4.69. The maximum absolute atomic E-state index is 11.7. The zero-order valence-electron chi connectivity index (χ0n) is 11.4. The molecule has 0 saturated carbocycles. The molecule has 1 aromatic rings. The third-order valence-corrected chi connectivity index (χ3v) is 3.19. The van der Waals surface area contributed by atoms with Gasteiger partial charge in [-0.1, -0.05) is 6.07 Å². The molecule has 0 aliphatic heterocycles. The molecule has 21 heavy (non-hydrogen) atoms. The summed E-state index contributed by atoms with van der Waals surface area (Å²) in [5.41, 5.74) is 1.61. The van der Waals surface area contributed by atoms with E-state index < -0.39 is 25.1 Å². The number of rotatable bonds is 6. The molecule has 1 aromatic carbocycles. The van der Waals surface area contributed by atoms with Crippen molar-refractivity contribution in [2.75, 3.05) is 7.11 Å². The fourth-order valence-electron chi connectivity index (χ4n) is 1.69. The first-order chi connectivity index (χ1) is 9.61. The fourth-order valence-corrected chi connectivity index (χ4v) is 2.10. The zero-order valence-corrected chi connectivity index (χ0v) is 12.3. The van der Waals surface area contributed by atoms with Gasteiger partial charge in [0.15, 0.2) is 11.5 Å². The van der Waals surface area contributed by atoms with Gasteiger partial charge < -0.3 is 14.4 Å². The van der Waals surface area contributed by atoms with Gasteiger partial charge >= 0.3 is 13.8 Å². The van der Waals surface area contributed by atoms with Crippen molar-refractivity contribution in [2.45, 2.75) is 18.9 Å². The molecule has 0 spiro atoms. The molecule has 0 aliphatic carbocycles. The van der Waals surface area contributed by atoms with Crippen LogP contribution < -0.4 is 15.8 Å². The Labute approximate surface area is 120 Å². The molecule has 6 N–H and O–H groups in total. The molecule has 0 saturated heterocycles. The molecule has 1 unspecified atom stereocenters. The Hall–Kier alpha value is -1.64. The summed E-state index contributed by atoms with van der Waals surface area (Å²) in [4.78, 5) is 29.0. The lowest BCUT2D eigenvalue weighted by molar-refractivity contribution is -0.147. The molecule has 0 radical (unpaired) electrons. The van der Waals surface area contributed by atoms with E-state index in [2.05, 4.69) is 14.7 Å². The Bertz CT molecular complexity index is 574. The number of methoxy groups -OCH3 is 1. The van der Waals surface area contributed by atoms with Gasteiger partial charge in [-0.25, -0.2) is 9.99 Å². The molecule has 0 amide bonds. The number of hydrogen-bond donors (Lipinski definition) is 5. The fraction of sp³-hybridized carbons (Fsp3) is 0.364. The molecule has 0 aromatic heterocycles. The van der Waals surface area contributed by atoms with E-state index in [0.717, 1.165) is 0 Å². The Kier molecular flexibility index (Phi) is 5.32. The average molecular weight is 320 g/mol. The second-order valence-electron chi connectivity index (χ2n) is 4.53. The van der Waals surface area contributed by atoms with Crippen molar-refractivity contribution >= 4 is 13.8 Å². The molecule has 0 heterocycles. The summed E-state index contributed by atoms with van der Waals surface area (Å²) >= 11 is 0. The lowest BCUT2D eigenvalue weighted by atomic mass is 9.93. The molecule has 0 bridgehead atoms. The van der Waals surface area contributed by atoms with E-state index in [9.17, 15) is 14.5 Å². The van der Waals surface area contributed by atoms with Crippen LogP contribution in [0.15, 0.2) is 18.2 Å². The average Bonchev–Trinajstić information content (AvgIpc) is 2.39. The van der Waals surface area contributed by atoms with Gasteiger partial charge in [0, 0.05) is 6.42 Å².